The van der Waals surface area contributed by atoms with Gasteiger partial charge in [-0.15, -0.1) is 0 Å². The third-order valence-electron chi connectivity index (χ3n) is 2.95. The van der Waals surface area contributed by atoms with E-state index in [0.717, 1.165) is 32.1 Å². The molecule has 1 N–H and O–H groups in total. The Balaban J connectivity index is 2.26. The number of carbonyl (C=O) groups excluding carboxylic acids is 1. The molecule has 0 heterocycles. The van der Waals surface area contributed by atoms with Crippen LogP contribution in [0.25, 0.3) is 0 Å². The largest absolute Gasteiger partial charge is 0.440 e. The van der Waals surface area contributed by atoms with E-state index < -0.39 is 18.9 Å². The van der Waals surface area contributed by atoms with E-state index in [2.05, 4.69) is 17.0 Å². The lowest BCUT2D eigenvalue weighted by Crippen LogP contribution is -2.36. The van der Waals surface area contributed by atoms with Gasteiger partial charge in [0.25, 0.3) is 0 Å². The molecule has 1 aliphatic rings. The van der Waals surface area contributed by atoms with Gasteiger partial charge in [-0.3, -0.25) is 0 Å². The minimum Gasteiger partial charge on any atom is -0.440 e. The topological polar surface area (TPSA) is 38.3 Å². The van der Waals surface area contributed by atoms with E-state index >= 15 is 0 Å². The molecular weight excluding hydrogens is 235 g/mol. The Kier molecular flexibility index (Phi) is 5.08. The molecule has 1 amide bonds. The summed E-state index contributed by atoms with van der Waals surface area (Å²) >= 11 is 0. The lowest BCUT2D eigenvalue weighted by molar-refractivity contribution is -0.160. The zero-order chi connectivity index (χ0) is 12.9. The van der Waals surface area contributed by atoms with Gasteiger partial charge in [-0.05, 0) is 25.2 Å². The maximum Gasteiger partial charge on any atom is 0.422 e. The van der Waals surface area contributed by atoms with Crippen molar-refractivity contribution in [2.75, 3.05) is 6.61 Å². The standard InChI is InChI=1S/C11H18F3NO2/c1-8-3-2-4-9(6-5-8)15-10(16)17-7-11(12,13)14/h8-9H,2-7H2,1H3,(H,15,16). The summed E-state index contributed by atoms with van der Waals surface area (Å²) in [6.45, 7) is 0.617. The van der Waals surface area contributed by atoms with Crippen LogP contribution in [0.4, 0.5) is 18.0 Å². The lowest BCUT2D eigenvalue weighted by Gasteiger charge is -2.16. The highest BCUT2D eigenvalue weighted by atomic mass is 19.4. The second kappa shape index (κ2) is 6.12. The Morgan fingerprint density at radius 2 is 2.00 bits per heavy atom. The molecule has 2 atom stereocenters. The number of amides is 1. The van der Waals surface area contributed by atoms with Gasteiger partial charge in [-0.1, -0.05) is 19.8 Å². The molecular formula is C11H18F3NO2. The van der Waals surface area contributed by atoms with Gasteiger partial charge in [0.1, 0.15) is 0 Å². The summed E-state index contributed by atoms with van der Waals surface area (Å²) in [7, 11) is 0. The quantitative estimate of drug-likeness (QED) is 0.767. The predicted molar refractivity (Wildman–Crippen MR) is 56.6 cm³/mol. The summed E-state index contributed by atoms with van der Waals surface area (Å²) in [4.78, 5) is 11.1. The van der Waals surface area contributed by atoms with E-state index in [-0.39, 0.29) is 6.04 Å². The second-order valence-corrected chi connectivity index (χ2v) is 4.65. The number of rotatable bonds is 2. The predicted octanol–water partition coefficient (Wildman–Crippen LogP) is 3.24. The van der Waals surface area contributed by atoms with Crippen molar-refractivity contribution in [3.05, 3.63) is 0 Å². The van der Waals surface area contributed by atoms with Crippen LogP contribution in [0.15, 0.2) is 0 Å². The van der Waals surface area contributed by atoms with Crippen molar-refractivity contribution in [2.45, 2.75) is 51.2 Å². The first-order valence-corrected chi connectivity index (χ1v) is 5.87. The van der Waals surface area contributed by atoms with Crippen LogP contribution in [0.3, 0.4) is 0 Å². The van der Waals surface area contributed by atoms with Crippen molar-refractivity contribution in [2.24, 2.45) is 5.92 Å². The highest BCUT2D eigenvalue weighted by Crippen LogP contribution is 2.22. The molecule has 17 heavy (non-hydrogen) atoms. The molecule has 0 bridgehead atoms. The minimum absolute atomic E-state index is 0.0549. The van der Waals surface area contributed by atoms with E-state index in [9.17, 15) is 18.0 Å². The molecule has 1 saturated carbocycles. The SMILES string of the molecule is CC1CCCC(NC(=O)OCC(F)(F)F)CC1. The van der Waals surface area contributed by atoms with E-state index in [1.54, 1.807) is 0 Å². The zero-order valence-electron chi connectivity index (χ0n) is 9.85. The highest BCUT2D eigenvalue weighted by molar-refractivity contribution is 5.67. The third-order valence-corrected chi connectivity index (χ3v) is 2.95. The molecule has 3 nitrogen and oxygen atoms in total. The van der Waals surface area contributed by atoms with E-state index in [0.29, 0.717) is 5.92 Å². The molecule has 0 aromatic rings. The molecule has 0 spiro atoms. The van der Waals surface area contributed by atoms with Gasteiger partial charge in [-0.25, -0.2) is 4.79 Å². The normalized spacial score (nSPS) is 26.1. The zero-order valence-corrected chi connectivity index (χ0v) is 9.85. The third kappa shape index (κ3) is 6.38. The van der Waals surface area contributed by atoms with E-state index in [1.807, 2.05) is 0 Å². The number of halogens is 3. The Bertz CT molecular complexity index is 256. The number of ether oxygens (including phenoxy) is 1. The van der Waals surface area contributed by atoms with Crippen molar-refractivity contribution in [3.8, 4) is 0 Å². The van der Waals surface area contributed by atoms with Gasteiger partial charge in [0, 0.05) is 6.04 Å². The summed E-state index contributed by atoms with van der Waals surface area (Å²) in [6, 6.07) is -0.0549. The fraction of sp³-hybridized carbons (Fsp3) is 0.909. The number of hydrogen-bond donors (Lipinski definition) is 1. The average molecular weight is 253 g/mol. The van der Waals surface area contributed by atoms with Crippen molar-refractivity contribution in [1.82, 2.24) is 5.32 Å². The van der Waals surface area contributed by atoms with Crippen molar-refractivity contribution in [3.63, 3.8) is 0 Å². The number of alkyl halides is 3. The van der Waals surface area contributed by atoms with Crippen molar-refractivity contribution in [1.29, 1.82) is 0 Å². The van der Waals surface area contributed by atoms with Crippen LogP contribution < -0.4 is 5.32 Å². The van der Waals surface area contributed by atoms with Crippen LogP contribution in [-0.4, -0.2) is 24.9 Å². The summed E-state index contributed by atoms with van der Waals surface area (Å²) < 4.78 is 39.5. The molecule has 0 aliphatic heterocycles. The fourth-order valence-electron chi connectivity index (χ4n) is 1.99. The Labute approximate surface area is 98.7 Å². The number of alkyl carbamates (subject to hydrolysis) is 1. The average Bonchev–Trinajstić information content (AvgIpc) is 2.40. The van der Waals surface area contributed by atoms with Crippen LogP contribution in [0.1, 0.15) is 39.0 Å². The molecule has 6 heteroatoms. The second-order valence-electron chi connectivity index (χ2n) is 4.65. The molecule has 0 radical (unpaired) electrons. The molecule has 0 saturated heterocycles. The van der Waals surface area contributed by atoms with Crippen molar-refractivity contribution >= 4 is 6.09 Å². The maximum absolute atomic E-state index is 11.8. The summed E-state index contributed by atoms with van der Waals surface area (Å²) in [5.41, 5.74) is 0. The highest BCUT2D eigenvalue weighted by Gasteiger charge is 2.30. The van der Waals surface area contributed by atoms with Crippen LogP contribution in [-0.2, 0) is 4.74 Å². The summed E-state index contributed by atoms with van der Waals surface area (Å²) in [6.07, 6.45) is -0.726. The van der Waals surface area contributed by atoms with Gasteiger partial charge in [0.2, 0.25) is 0 Å². The Morgan fingerprint density at radius 1 is 1.29 bits per heavy atom. The first-order valence-electron chi connectivity index (χ1n) is 5.87. The first-order chi connectivity index (χ1) is 7.87. The van der Waals surface area contributed by atoms with Crippen LogP contribution in [0.2, 0.25) is 0 Å². The summed E-state index contributed by atoms with van der Waals surface area (Å²) in [5.74, 6) is 0.619. The van der Waals surface area contributed by atoms with Gasteiger partial charge in [-0.2, -0.15) is 13.2 Å². The molecule has 1 aliphatic carbocycles. The van der Waals surface area contributed by atoms with E-state index in [1.165, 1.54) is 0 Å². The lowest BCUT2D eigenvalue weighted by atomic mass is 10.0. The van der Waals surface area contributed by atoms with E-state index in [4.69, 9.17) is 0 Å². The van der Waals surface area contributed by atoms with Crippen molar-refractivity contribution < 1.29 is 22.7 Å². The Hall–Kier alpha value is -0.940. The number of carbonyl (C=O) groups is 1. The molecule has 0 aromatic heterocycles. The molecule has 0 aromatic carbocycles. The molecule has 1 rings (SSSR count). The number of nitrogens with one attached hydrogen (secondary N) is 1. The van der Waals surface area contributed by atoms with Gasteiger partial charge < -0.3 is 10.1 Å². The number of hydrogen-bond acceptors (Lipinski definition) is 2. The van der Waals surface area contributed by atoms with Gasteiger partial charge in [0.05, 0.1) is 0 Å². The molecule has 100 valence electrons. The molecule has 1 fully saturated rings. The fourth-order valence-corrected chi connectivity index (χ4v) is 1.99. The van der Waals surface area contributed by atoms with Crippen LogP contribution >= 0.6 is 0 Å². The maximum atomic E-state index is 11.8. The first kappa shape index (κ1) is 14.1. The summed E-state index contributed by atoms with van der Waals surface area (Å²) in [5, 5.41) is 2.49. The molecule has 2 unspecified atom stereocenters. The van der Waals surface area contributed by atoms with Gasteiger partial charge in [0.15, 0.2) is 6.61 Å². The van der Waals surface area contributed by atoms with Gasteiger partial charge >= 0.3 is 12.3 Å². The smallest absolute Gasteiger partial charge is 0.422 e. The van der Waals surface area contributed by atoms with Crippen LogP contribution in [0, 0.1) is 5.92 Å². The Morgan fingerprint density at radius 3 is 2.65 bits per heavy atom. The van der Waals surface area contributed by atoms with Crippen LogP contribution in [0.5, 0.6) is 0 Å². The minimum atomic E-state index is -4.46. The monoisotopic (exact) mass is 253 g/mol.